The van der Waals surface area contributed by atoms with E-state index in [0.29, 0.717) is 12.4 Å². The minimum Gasteiger partial charge on any atom is -0.383 e. The minimum atomic E-state index is 0.584. The van der Waals surface area contributed by atoms with Crippen molar-refractivity contribution in [3.05, 3.63) is 40.5 Å². The van der Waals surface area contributed by atoms with Crippen molar-refractivity contribution in [2.24, 2.45) is 0 Å². The lowest BCUT2D eigenvalue weighted by atomic mass is 10.2. The fraction of sp³-hybridized carbons (Fsp3) is 0.286. The normalized spacial score (nSPS) is 11.3. The van der Waals surface area contributed by atoms with Crippen LogP contribution in [0.1, 0.15) is 24.6 Å². The molecule has 0 aliphatic carbocycles. The number of halogens is 1. The minimum absolute atomic E-state index is 0.584. The molecule has 104 valence electrons. The summed E-state index contributed by atoms with van der Waals surface area (Å²) < 4.78 is 1.87. The molecule has 3 aromatic rings. The third kappa shape index (κ3) is 2.25. The van der Waals surface area contributed by atoms with Crippen molar-refractivity contribution < 1.29 is 0 Å². The van der Waals surface area contributed by atoms with Crippen molar-refractivity contribution in [3.8, 4) is 0 Å². The van der Waals surface area contributed by atoms with Crippen molar-refractivity contribution in [1.29, 1.82) is 0 Å². The van der Waals surface area contributed by atoms with Crippen molar-refractivity contribution in [2.45, 2.75) is 26.3 Å². The summed E-state index contributed by atoms with van der Waals surface area (Å²) in [5.74, 6) is 0.584. The van der Waals surface area contributed by atoms with E-state index in [9.17, 15) is 0 Å². The Labute approximate surface area is 121 Å². The van der Waals surface area contributed by atoms with E-state index < -0.39 is 0 Å². The van der Waals surface area contributed by atoms with Crippen molar-refractivity contribution in [2.75, 3.05) is 5.73 Å². The number of nitrogens with zero attached hydrogens (tertiary/aromatic N) is 3. The smallest absolute Gasteiger partial charge is 0.182 e. The number of nitrogens with one attached hydrogen (secondary N) is 1. The number of hydrogen-bond donors (Lipinski definition) is 2. The average Bonchev–Trinajstić information content (AvgIpc) is 2.94. The molecule has 2 heterocycles. The van der Waals surface area contributed by atoms with E-state index in [1.165, 1.54) is 0 Å². The molecular weight excluding hydrogens is 274 g/mol. The molecule has 0 aliphatic rings. The molecule has 0 spiro atoms. The van der Waals surface area contributed by atoms with Gasteiger partial charge in [0.25, 0.3) is 0 Å². The topological polar surface area (TPSA) is 72.5 Å². The molecule has 3 rings (SSSR count). The fourth-order valence-electron chi connectivity index (χ4n) is 2.39. The van der Waals surface area contributed by atoms with Gasteiger partial charge in [-0.25, -0.2) is 4.68 Å². The van der Waals surface area contributed by atoms with E-state index in [1.807, 2.05) is 28.9 Å². The second-order valence-electron chi connectivity index (χ2n) is 4.82. The van der Waals surface area contributed by atoms with Crippen LogP contribution in [0.4, 0.5) is 5.82 Å². The van der Waals surface area contributed by atoms with Crippen LogP contribution in [-0.4, -0.2) is 20.0 Å². The Morgan fingerprint density at radius 1 is 1.40 bits per heavy atom. The van der Waals surface area contributed by atoms with Gasteiger partial charge in [-0.05, 0) is 24.1 Å². The number of aromatic nitrogens is 4. The molecule has 5 nitrogen and oxygen atoms in total. The highest BCUT2D eigenvalue weighted by Gasteiger charge is 2.16. The van der Waals surface area contributed by atoms with E-state index in [2.05, 4.69) is 22.2 Å². The first-order chi connectivity index (χ1) is 9.69. The summed E-state index contributed by atoms with van der Waals surface area (Å²) in [7, 11) is 0. The maximum absolute atomic E-state index is 6.02. The molecule has 20 heavy (non-hydrogen) atoms. The largest absolute Gasteiger partial charge is 0.383 e. The van der Waals surface area contributed by atoms with Crippen LogP contribution in [0.15, 0.2) is 24.3 Å². The third-order valence-electron chi connectivity index (χ3n) is 3.26. The standard InChI is InChI=1S/C14H16ClN5/c1-2-4-11-12-13(16)17-18-14(12)20(19-11)8-9-5-3-6-10(15)7-9/h3,5-7H,2,4,8H2,1H3,(H3,16,17,18). The van der Waals surface area contributed by atoms with Crippen LogP contribution >= 0.6 is 11.6 Å². The molecule has 0 radical (unpaired) electrons. The number of aromatic amines is 1. The molecule has 0 unspecified atom stereocenters. The first-order valence-corrected chi connectivity index (χ1v) is 7.00. The monoisotopic (exact) mass is 289 g/mol. The molecule has 0 amide bonds. The SMILES string of the molecule is CCCc1nn(Cc2cccc(Cl)c2)c2n[nH]c(N)c12. The van der Waals surface area contributed by atoms with Crippen molar-refractivity contribution >= 4 is 28.5 Å². The predicted octanol–water partition coefficient (Wildman–Crippen LogP) is 3.00. The van der Waals surface area contributed by atoms with Gasteiger partial charge in [0.2, 0.25) is 0 Å². The second-order valence-corrected chi connectivity index (χ2v) is 5.26. The number of aryl methyl sites for hydroxylation is 1. The van der Waals surface area contributed by atoms with Gasteiger partial charge in [-0.3, -0.25) is 5.10 Å². The van der Waals surface area contributed by atoms with Crippen LogP contribution in [0.25, 0.3) is 11.0 Å². The summed E-state index contributed by atoms with van der Waals surface area (Å²) >= 11 is 6.02. The summed E-state index contributed by atoms with van der Waals surface area (Å²) in [6.45, 7) is 2.75. The van der Waals surface area contributed by atoms with Crippen LogP contribution in [0.2, 0.25) is 5.02 Å². The number of nitrogen functional groups attached to an aromatic ring is 1. The maximum Gasteiger partial charge on any atom is 0.182 e. The Balaban J connectivity index is 2.03. The molecular formula is C14H16ClN5. The first-order valence-electron chi connectivity index (χ1n) is 6.62. The third-order valence-corrected chi connectivity index (χ3v) is 3.49. The second kappa shape index (κ2) is 5.17. The number of anilines is 1. The summed E-state index contributed by atoms with van der Waals surface area (Å²) in [6.07, 6.45) is 1.91. The van der Waals surface area contributed by atoms with Gasteiger partial charge in [-0.1, -0.05) is 37.1 Å². The van der Waals surface area contributed by atoms with E-state index in [-0.39, 0.29) is 0 Å². The maximum atomic E-state index is 6.02. The first kappa shape index (κ1) is 13.0. The molecule has 3 N–H and O–H groups in total. The molecule has 0 saturated heterocycles. The Hall–Kier alpha value is -2.01. The Morgan fingerprint density at radius 2 is 2.25 bits per heavy atom. The Kier molecular flexibility index (Phi) is 3.36. The van der Waals surface area contributed by atoms with Crippen LogP contribution in [-0.2, 0) is 13.0 Å². The summed E-state index contributed by atoms with van der Waals surface area (Å²) in [6, 6.07) is 7.75. The fourth-order valence-corrected chi connectivity index (χ4v) is 2.60. The summed E-state index contributed by atoms with van der Waals surface area (Å²) in [5, 5.41) is 13.4. The lowest BCUT2D eigenvalue weighted by Gasteiger charge is -2.02. The Bertz CT molecular complexity index is 743. The number of fused-ring (bicyclic) bond motifs is 1. The van der Waals surface area contributed by atoms with Gasteiger partial charge < -0.3 is 5.73 Å². The number of H-pyrrole nitrogens is 1. The molecule has 2 aromatic heterocycles. The number of rotatable bonds is 4. The van der Waals surface area contributed by atoms with E-state index in [1.54, 1.807) is 0 Å². The van der Waals surface area contributed by atoms with Gasteiger partial charge in [0.05, 0.1) is 17.6 Å². The van der Waals surface area contributed by atoms with Gasteiger partial charge >= 0.3 is 0 Å². The molecule has 1 aromatic carbocycles. The highest BCUT2D eigenvalue weighted by atomic mass is 35.5. The lowest BCUT2D eigenvalue weighted by molar-refractivity contribution is 0.678. The van der Waals surface area contributed by atoms with Crippen LogP contribution in [0, 0.1) is 0 Å². The van der Waals surface area contributed by atoms with E-state index >= 15 is 0 Å². The van der Waals surface area contributed by atoms with Gasteiger partial charge in [0, 0.05) is 5.02 Å². The zero-order valence-corrected chi connectivity index (χ0v) is 12.0. The molecule has 0 aliphatic heterocycles. The molecule has 0 fully saturated rings. The van der Waals surface area contributed by atoms with Gasteiger partial charge in [0.1, 0.15) is 5.82 Å². The van der Waals surface area contributed by atoms with Crippen LogP contribution in [0.3, 0.4) is 0 Å². The average molecular weight is 290 g/mol. The summed E-state index contributed by atoms with van der Waals surface area (Å²) in [5.41, 5.74) is 8.83. The predicted molar refractivity (Wildman–Crippen MR) is 80.8 cm³/mol. The van der Waals surface area contributed by atoms with Crippen LogP contribution < -0.4 is 5.73 Å². The quantitative estimate of drug-likeness (QED) is 0.775. The lowest BCUT2D eigenvalue weighted by Crippen LogP contribution is -2.03. The van der Waals surface area contributed by atoms with Crippen molar-refractivity contribution in [1.82, 2.24) is 20.0 Å². The molecule has 0 saturated carbocycles. The van der Waals surface area contributed by atoms with Crippen LogP contribution in [0.5, 0.6) is 0 Å². The highest BCUT2D eigenvalue weighted by Crippen LogP contribution is 2.24. The van der Waals surface area contributed by atoms with Crippen molar-refractivity contribution in [3.63, 3.8) is 0 Å². The Morgan fingerprint density at radius 3 is 3.00 bits per heavy atom. The number of nitrogens with two attached hydrogens (primary N) is 1. The molecule has 6 heteroatoms. The molecule has 0 atom stereocenters. The van der Waals surface area contributed by atoms with Gasteiger partial charge in [-0.2, -0.15) is 10.2 Å². The number of hydrogen-bond acceptors (Lipinski definition) is 3. The molecule has 0 bridgehead atoms. The number of benzene rings is 1. The van der Waals surface area contributed by atoms with E-state index in [0.717, 1.165) is 40.2 Å². The highest BCUT2D eigenvalue weighted by molar-refractivity contribution is 6.30. The zero-order chi connectivity index (χ0) is 14.1. The van der Waals surface area contributed by atoms with Gasteiger partial charge in [-0.15, -0.1) is 0 Å². The van der Waals surface area contributed by atoms with E-state index in [4.69, 9.17) is 17.3 Å². The summed E-state index contributed by atoms with van der Waals surface area (Å²) in [4.78, 5) is 0. The zero-order valence-electron chi connectivity index (χ0n) is 11.2. The van der Waals surface area contributed by atoms with Gasteiger partial charge in [0.15, 0.2) is 5.65 Å².